The minimum atomic E-state index is -0.256. The number of amides is 1. The maximum absolute atomic E-state index is 13.2. The van der Waals surface area contributed by atoms with E-state index in [1.807, 2.05) is 10.3 Å². The molecule has 0 N–H and O–H groups in total. The van der Waals surface area contributed by atoms with E-state index in [-0.39, 0.29) is 11.7 Å². The van der Waals surface area contributed by atoms with Crippen LogP contribution in [0.1, 0.15) is 15.4 Å². The molecule has 7 nitrogen and oxygen atoms in total. The Balaban J connectivity index is 1.37. The lowest BCUT2D eigenvalue weighted by Crippen LogP contribution is -2.48. The van der Waals surface area contributed by atoms with Gasteiger partial charge in [0.2, 0.25) is 5.75 Å². The Labute approximate surface area is 196 Å². The third-order valence-electron chi connectivity index (χ3n) is 5.62. The normalized spacial score (nSPS) is 14.2. The Hall–Kier alpha value is -3.17. The summed E-state index contributed by atoms with van der Waals surface area (Å²) >= 11 is 1.59. The highest BCUT2D eigenvalue weighted by molar-refractivity contribution is 7.09. The third kappa shape index (κ3) is 5.09. The average Bonchev–Trinajstić information content (AvgIpc) is 3.31. The average molecular weight is 472 g/mol. The van der Waals surface area contributed by atoms with Gasteiger partial charge in [-0.2, -0.15) is 0 Å². The molecular weight excluding hydrogens is 445 g/mol. The lowest BCUT2D eigenvalue weighted by Gasteiger charge is -2.34. The molecule has 2 aromatic carbocycles. The molecule has 1 aliphatic rings. The Morgan fingerprint density at radius 3 is 2.21 bits per heavy atom. The molecule has 0 saturated carbocycles. The number of ether oxygens (including phenoxy) is 3. The summed E-state index contributed by atoms with van der Waals surface area (Å²) in [5.74, 6) is 1.05. The first kappa shape index (κ1) is 23.0. The standard InChI is InChI=1S/C24H26FN3O4S/c1-30-20-12-17(13-21(31-2)23(20)32-3)24(29)28-10-8-27(9-11-28)14-22-26-19(15-33-22)16-4-6-18(25)7-5-16/h4-7,12-13,15H,8-11,14H2,1-3H3. The highest BCUT2D eigenvalue weighted by Gasteiger charge is 2.25. The van der Waals surface area contributed by atoms with Crippen LogP contribution in [0, 0.1) is 5.82 Å². The van der Waals surface area contributed by atoms with Crippen LogP contribution < -0.4 is 14.2 Å². The van der Waals surface area contributed by atoms with Gasteiger partial charge in [-0.3, -0.25) is 9.69 Å². The molecule has 1 aromatic heterocycles. The van der Waals surface area contributed by atoms with Crippen LogP contribution in [-0.4, -0.2) is 68.2 Å². The van der Waals surface area contributed by atoms with Gasteiger partial charge in [0.15, 0.2) is 11.5 Å². The van der Waals surface area contributed by atoms with Crippen molar-refractivity contribution in [3.8, 4) is 28.5 Å². The fraction of sp³-hybridized carbons (Fsp3) is 0.333. The molecular formula is C24H26FN3O4S. The van der Waals surface area contributed by atoms with Crippen molar-refractivity contribution in [3.63, 3.8) is 0 Å². The van der Waals surface area contributed by atoms with E-state index in [9.17, 15) is 9.18 Å². The summed E-state index contributed by atoms with van der Waals surface area (Å²) in [6, 6.07) is 9.73. The zero-order valence-corrected chi connectivity index (χ0v) is 19.7. The molecule has 1 fully saturated rings. The molecule has 0 unspecified atom stereocenters. The molecule has 2 heterocycles. The zero-order chi connectivity index (χ0) is 23.4. The van der Waals surface area contributed by atoms with Gasteiger partial charge >= 0.3 is 0 Å². The minimum absolute atomic E-state index is 0.0678. The fourth-order valence-electron chi connectivity index (χ4n) is 3.82. The second-order valence-corrected chi connectivity index (χ2v) is 8.56. The highest BCUT2D eigenvalue weighted by atomic mass is 32.1. The van der Waals surface area contributed by atoms with Gasteiger partial charge in [-0.1, -0.05) is 0 Å². The zero-order valence-electron chi connectivity index (χ0n) is 18.8. The van der Waals surface area contributed by atoms with Gasteiger partial charge in [-0.05, 0) is 36.4 Å². The number of thiazole rings is 1. The molecule has 0 radical (unpaired) electrons. The summed E-state index contributed by atoms with van der Waals surface area (Å²) in [6.07, 6.45) is 0. The maximum Gasteiger partial charge on any atom is 0.254 e. The Bertz CT molecular complexity index is 1090. The van der Waals surface area contributed by atoms with Gasteiger partial charge in [0.1, 0.15) is 10.8 Å². The molecule has 0 atom stereocenters. The molecule has 1 amide bonds. The van der Waals surface area contributed by atoms with Crippen molar-refractivity contribution in [2.75, 3.05) is 47.5 Å². The van der Waals surface area contributed by atoms with E-state index in [0.29, 0.717) is 35.9 Å². The number of benzene rings is 2. The number of nitrogens with zero attached hydrogens (tertiary/aromatic N) is 3. The number of halogens is 1. The summed E-state index contributed by atoms with van der Waals surface area (Å²) in [6.45, 7) is 3.46. The number of piperazine rings is 1. The van der Waals surface area contributed by atoms with Gasteiger partial charge in [0.25, 0.3) is 5.91 Å². The van der Waals surface area contributed by atoms with E-state index in [0.717, 1.165) is 35.9 Å². The summed E-state index contributed by atoms with van der Waals surface area (Å²) < 4.78 is 29.2. The smallest absolute Gasteiger partial charge is 0.254 e. The van der Waals surface area contributed by atoms with Crippen LogP contribution in [0.5, 0.6) is 17.2 Å². The van der Waals surface area contributed by atoms with E-state index in [4.69, 9.17) is 19.2 Å². The second kappa shape index (κ2) is 10.2. The van der Waals surface area contributed by atoms with Crippen LogP contribution in [0.2, 0.25) is 0 Å². The number of carbonyl (C=O) groups is 1. The Morgan fingerprint density at radius 1 is 1.00 bits per heavy atom. The van der Waals surface area contributed by atoms with Gasteiger partial charge < -0.3 is 19.1 Å². The minimum Gasteiger partial charge on any atom is -0.493 e. The van der Waals surface area contributed by atoms with Crippen molar-refractivity contribution in [3.05, 3.63) is 58.2 Å². The molecule has 0 aliphatic carbocycles. The summed E-state index contributed by atoms with van der Waals surface area (Å²) in [5.41, 5.74) is 2.26. The van der Waals surface area contributed by atoms with Crippen LogP contribution in [0.25, 0.3) is 11.3 Å². The first-order valence-corrected chi connectivity index (χ1v) is 11.4. The monoisotopic (exact) mass is 471 g/mol. The lowest BCUT2D eigenvalue weighted by atomic mass is 10.1. The van der Waals surface area contributed by atoms with Crippen molar-refractivity contribution in [1.82, 2.24) is 14.8 Å². The molecule has 0 bridgehead atoms. The van der Waals surface area contributed by atoms with Gasteiger partial charge in [0, 0.05) is 42.7 Å². The molecule has 9 heteroatoms. The predicted molar refractivity (Wildman–Crippen MR) is 125 cm³/mol. The number of methoxy groups -OCH3 is 3. The van der Waals surface area contributed by atoms with E-state index < -0.39 is 0 Å². The molecule has 33 heavy (non-hydrogen) atoms. The quantitative estimate of drug-likeness (QED) is 0.520. The highest BCUT2D eigenvalue weighted by Crippen LogP contribution is 2.38. The third-order valence-corrected chi connectivity index (χ3v) is 6.46. The van der Waals surface area contributed by atoms with Crippen LogP contribution in [0.15, 0.2) is 41.8 Å². The summed E-state index contributed by atoms with van der Waals surface area (Å²) in [7, 11) is 4.60. The van der Waals surface area contributed by atoms with Crippen LogP contribution >= 0.6 is 11.3 Å². The van der Waals surface area contributed by atoms with Crippen LogP contribution in [0.4, 0.5) is 4.39 Å². The first-order chi connectivity index (χ1) is 16.0. The molecule has 174 valence electrons. The Morgan fingerprint density at radius 2 is 1.64 bits per heavy atom. The number of hydrogen-bond donors (Lipinski definition) is 0. The van der Waals surface area contributed by atoms with E-state index in [2.05, 4.69) is 4.90 Å². The van der Waals surface area contributed by atoms with Crippen molar-refractivity contribution in [2.24, 2.45) is 0 Å². The predicted octanol–water partition coefficient (Wildman–Crippen LogP) is 3.93. The number of rotatable bonds is 7. The Kier molecular flexibility index (Phi) is 7.10. The fourth-order valence-corrected chi connectivity index (χ4v) is 4.67. The molecule has 1 aliphatic heterocycles. The largest absolute Gasteiger partial charge is 0.493 e. The van der Waals surface area contributed by atoms with Crippen molar-refractivity contribution >= 4 is 17.2 Å². The molecule has 0 spiro atoms. The van der Waals surface area contributed by atoms with E-state index in [1.165, 1.54) is 33.5 Å². The topological polar surface area (TPSA) is 64.1 Å². The van der Waals surface area contributed by atoms with E-state index >= 15 is 0 Å². The number of aromatic nitrogens is 1. The maximum atomic E-state index is 13.2. The van der Waals surface area contributed by atoms with Crippen molar-refractivity contribution < 1.29 is 23.4 Å². The van der Waals surface area contributed by atoms with Crippen molar-refractivity contribution in [2.45, 2.75) is 6.54 Å². The van der Waals surface area contributed by atoms with Crippen LogP contribution in [0.3, 0.4) is 0 Å². The van der Waals surface area contributed by atoms with E-state index in [1.54, 1.807) is 35.6 Å². The first-order valence-electron chi connectivity index (χ1n) is 10.5. The molecule has 4 rings (SSSR count). The van der Waals surface area contributed by atoms with Gasteiger partial charge in [-0.15, -0.1) is 11.3 Å². The van der Waals surface area contributed by atoms with Gasteiger partial charge in [-0.25, -0.2) is 9.37 Å². The molecule has 3 aromatic rings. The molecule has 1 saturated heterocycles. The summed E-state index contributed by atoms with van der Waals surface area (Å²) in [4.78, 5) is 21.9. The lowest BCUT2D eigenvalue weighted by molar-refractivity contribution is 0.0627. The number of carbonyl (C=O) groups excluding carboxylic acids is 1. The van der Waals surface area contributed by atoms with Crippen LogP contribution in [-0.2, 0) is 6.54 Å². The van der Waals surface area contributed by atoms with Crippen molar-refractivity contribution in [1.29, 1.82) is 0 Å². The summed E-state index contributed by atoms with van der Waals surface area (Å²) in [5, 5.41) is 2.99. The SMILES string of the molecule is COc1cc(C(=O)N2CCN(Cc3nc(-c4ccc(F)cc4)cs3)CC2)cc(OC)c1OC. The number of hydrogen-bond acceptors (Lipinski definition) is 7. The second-order valence-electron chi connectivity index (χ2n) is 7.62. The van der Waals surface area contributed by atoms with Gasteiger partial charge in [0.05, 0.1) is 33.6 Å².